The highest BCUT2D eigenvalue weighted by atomic mass is 16.6. The summed E-state index contributed by atoms with van der Waals surface area (Å²) in [4.78, 5) is 28.6. The highest BCUT2D eigenvalue weighted by Crippen LogP contribution is 2.38. The van der Waals surface area contributed by atoms with Crippen LogP contribution in [0.2, 0.25) is 0 Å². The molecule has 0 saturated carbocycles. The molecule has 2 unspecified atom stereocenters. The minimum absolute atomic E-state index is 0.00487. The Morgan fingerprint density at radius 1 is 1.21 bits per heavy atom. The zero-order valence-corrected chi connectivity index (χ0v) is 17.6. The van der Waals surface area contributed by atoms with Crippen LogP contribution >= 0.6 is 0 Å². The maximum absolute atomic E-state index is 12.5. The van der Waals surface area contributed by atoms with Crippen LogP contribution < -0.4 is 9.47 Å². The van der Waals surface area contributed by atoms with E-state index in [1.807, 2.05) is 26.8 Å². The van der Waals surface area contributed by atoms with E-state index in [0.717, 1.165) is 5.56 Å². The molecule has 1 aromatic rings. The predicted octanol–water partition coefficient (Wildman–Crippen LogP) is 3.10. The van der Waals surface area contributed by atoms with E-state index in [-0.39, 0.29) is 30.6 Å². The second-order valence-electron chi connectivity index (χ2n) is 8.59. The van der Waals surface area contributed by atoms with Gasteiger partial charge in [-0.2, -0.15) is 0 Å². The van der Waals surface area contributed by atoms with Crippen molar-refractivity contribution in [1.82, 2.24) is 9.80 Å². The molecule has 2 aliphatic rings. The van der Waals surface area contributed by atoms with Crippen molar-refractivity contribution in [1.29, 1.82) is 0 Å². The Morgan fingerprint density at radius 3 is 2.43 bits per heavy atom. The minimum Gasteiger partial charge on any atom is -0.496 e. The summed E-state index contributed by atoms with van der Waals surface area (Å²) < 4.78 is 16.7. The lowest BCUT2D eigenvalue weighted by molar-refractivity contribution is -0.00998. The van der Waals surface area contributed by atoms with Crippen LogP contribution in [0.5, 0.6) is 11.5 Å². The van der Waals surface area contributed by atoms with Gasteiger partial charge in [0.2, 0.25) is 5.78 Å². The highest BCUT2D eigenvalue weighted by molar-refractivity contribution is 6.03. The van der Waals surface area contributed by atoms with Crippen molar-refractivity contribution >= 4 is 11.9 Å². The summed E-state index contributed by atoms with van der Waals surface area (Å²) in [6.07, 6.45) is -0.280. The molecule has 1 saturated heterocycles. The van der Waals surface area contributed by atoms with Gasteiger partial charge in [-0.1, -0.05) is 0 Å². The van der Waals surface area contributed by atoms with Crippen LogP contribution in [0.3, 0.4) is 0 Å². The Balaban J connectivity index is 1.78. The number of piperazine rings is 1. The molecule has 2 atom stereocenters. The number of carbonyl (C=O) groups excluding carboxylic acids is 2. The molecule has 0 bridgehead atoms. The first-order valence-electron chi connectivity index (χ1n) is 9.70. The first-order chi connectivity index (χ1) is 13.1. The number of methoxy groups -OCH3 is 1. The third kappa shape index (κ3) is 4.09. The van der Waals surface area contributed by atoms with Gasteiger partial charge in [0.05, 0.1) is 18.2 Å². The van der Waals surface area contributed by atoms with E-state index in [4.69, 9.17) is 14.2 Å². The molecule has 0 aromatic heterocycles. The fraction of sp³-hybridized carbons (Fsp3) is 0.619. The lowest BCUT2D eigenvalue weighted by Crippen LogP contribution is -2.58. The van der Waals surface area contributed by atoms with E-state index in [9.17, 15) is 9.59 Å². The van der Waals surface area contributed by atoms with Gasteiger partial charge >= 0.3 is 6.09 Å². The quantitative estimate of drug-likeness (QED) is 0.790. The fourth-order valence-electron chi connectivity index (χ4n) is 3.88. The summed E-state index contributed by atoms with van der Waals surface area (Å²) in [7, 11) is 1.62. The number of ether oxygens (including phenoxy) is 3. The van der Waals surface area contributed by atoms with Crippen LogP contribution in [0.15, 0.2) is 12.1 Å². The number of hydrogen-bond donors (Lipinski definition) is 0. The molecule has 154 valence electrons. The number of nitrogens with zero attached hydrogens (tertiary/aromatic N) is 2. The number of carbonyl (C=O) groups is 2. The van der Waals surface area contributed by atoms with Gasteiger partial charge in [-0.05, 0) is 46.8 Å². The van der Waals surface area contributed by atoms with E-state index in [2.05, 4.69) is 18.7 Å². The van der Waals surface area contributed by atoms with Crippen molar-refractivity contribution in [2.45, 2.75) is 58.8 Å². The van der Waals surface area contributed by atoms with Crippen LogP contribution in [0.25, 0.3) is 0 Å². The molecule has 0 N–H and O–H groups in total. The Kier molecular flexibility index (Phi) is 5.57. The third-order valence-corrected chi connectivity index (χ3v) is 5.18. The van der Waals surface area contributed by atoms with Gasteiger partial charge in [0.1, 0.15) is 17.1 Å². The minimum atomic E-state index is -0.511. The van der Waals surface area contributed by atoms with Crippen LogP contribution in [-0.2, 0) is 11.3 Å². The molecule has 1 aromatic carbocycles. The number of rotatable bonds is 3. The van der Waals surface area contributed by atoms with Gasteiger partial charge < -0.3 is 19.1 Å². The van der Waals surface area contributed by atoms with Crippen molar-refractivity contribution < 1.29 is 23.8 Å². The second-order valence-corrected chi connectivity index (χ2v) is 8.59. The van der Waals surface area contributed by atoms with Crippen LogP contribution in [0.1, 0.15) is 50.5 Å². The van der Waals surface area contributed by atoms with Crippen molar-refractivity contribution in [3.63, 3.8) is 0 Å². The summed E-state index contributed by atoms with van der Waals surface area (Å²) in [5.41, 5.74) is 0.987. The van der Waals surface area contributed by atoms with E-state index < -0.39 is 5.60 Å². The van der Waals surface area contributed by atoms with Crippen molar-refractivity contribution in [2.24, 2.45) is 0 Å². The number of amides is 1. The number of benzene rings is 1. The van der Waals surface area contributed by atoms with Crippen molar-refractivity contribution in [3.8, 4) is 11.5 Å². The van der Waals surface area contributed by atoms with Gasteiger partial charge in [-0.25, -0.2) is 4.79 Å². The first kappa shape index (κ1) is 20.5. The van der Waals surface area contributed by atoms with E-state index in [1.54, 1.807) is 18.1 Å². The summed E-state index contributed by atoms with van der Waals surface area (Å²) in [5.74, 6) is 1.33. The summed E-state index contributed by atoms with van der Waals surface area (Å²) in [6.45, 7) is 11.6. The lowest BCUT2D eigenvalue weighted by atomic mass is 10.0. The first-order valence-corrected chi connectivity index (χ1v) is 9.70. The SMILES string of the molecule is COc1ccc2c(c1CN1C(C)CN(C(=O)OC(C)(C)C)CC1C)OCC2=O. The van der Waals surface area contributed by atoms with Gasteiger partial charge in [0, 0.05) is 31.7 Å². The Labute approximate surface area is 166 Å². The number of fused-ring (bicyclic) bond motifs is 1. The topological polar surface area (TPSA) is 68.3 Å². The monoisotopic (exact) mass is 390 g/mol. The molecule has 7 nitrogen and oxygen atoms in total. The average molecular weight is 390 g/mol. The van der Waals surface area contributed by atoms with Crippen LogP contribution in [0, 0.1) is 0 Å². The molecule has 2 heterocycles. The molecular weight excluding hydrogens is 360 g/mol. The van der Waals surface area contributed by atoms with E-state index >= 15 is 0 Å². The standard InChI is InChI=1S/C21H30N2O5/c1-13-9-22(20(25)28-21(3,4)5)10-14(2)23(13)11-16-18(26-6)8-7-15-17(24)12-27-19(15)16/h7-8,13-14H,9-12H2,1-6H3. The van der Waals surface area contributed by atoms with Crippen LogP contribution in [0.4, 0.5) is 4.79 Å². The number of hydrogen-bond acceptors (Lipinski definition) is 6. The van der Waals surface area contributed by atoms with Crippen LogP contribution in [-0.4, -0.2) is 66.2 Å². The zero-order chi connectivity index (χ0) is 20.6. The second kappa shape index (κ2) is 7.62. The predicted molar refractivity (Wildman–Crippen MR) is 105 cm³/mol. The summed E-state index contributed by atoms with van der Waals surface area (Å²) in [5, 5.41) is 0. The largest absolute Gasteiger partial charge is 0.496 e. The smallest absolute Gasteiger partial charge is 0.410 e. The van der Waals surface area contributed by atoms with Crippen molar-refractivity contribution in [3.05, 3.63) is 23.3 Å². The van der Waals surface area contributed by atoms with Crippen molar-refractivity contribution in [2.75, 3.05) is 26.8 Å². The molecule has 3 rings (SSSR count). The summed E-state index contributed by atoms with van der Waals surface area (Å²) >= 11 is 0. The number of ketones is 1. The molecule has 2 aliphatic heterocycles. The fourth-order valence-corrected chi connectivity index (χ4v) is 3.88. The van der Waals surface area contributed by atoms with Gasteiger partial charge in [0.15, 0.2) is 6.61 Å². The molecule has 1 fully saturated rings. The summed E-state index contributed by atoms with van der Waals surface area (Å²) in [6, 6.07) is 3.83. The molecule has 1 amide bonds. The molecule has 0 radical (unpaired) electrons. The molecule has 28 heavy (non-hydrogen) atoms. The molecule has 0 spiro atoms. The highest BCUT2D eigenvalue weighted by Gasteiger charge is 2.36. The number of Topliss-reactive ketones (excluding diaryl/α,β-unsaturated/α-hetero) is 1. The average Bonchev–Trinajstić information content (AvgIpc) is 2.97. The molecule has 0 aliphatic carbocycles. The Bertz CT molecular complexity index is 759. The van der Waals surface area contributed by atoms with Gasteiger partial charge in [0.25, 0.3) is 0 Å². The van der Waals surface area contributed by atoms with E-state index in [1.165, 1.54) is 0 Å². The van der Waals surface area contributed by atoms with Gasteiger partial charge in [-0.15, -0.1) is 0 Å². The Hall–Kier alpha value is -2.28. The van der Waals surface area contributed by atoms with E-state index in [0.29, 0.717) is 36.7 Å². The zero-order valence-electron chi connectivity index (χ0n) is 17.6. The maximum Gasteiger partial charge on any atom is 0.410 e. The normalized spacial score (nSPS) is 22.6. The third-order valence-electron chi connectivity index (χ3n) is 5.18. The maximum atomic E-state index is 12.5. The molecule has 7 heteroatoms. The lowest BCUT2D eigenvalue weighted by Gasteiger charge is -2.44. The van der Waals surface area contributed by atoms with Gasteiger partial charge in [-0.3, -0.25) is 9.69 Å². The molecular formula is C21H30N2O5. The Morgan fingerprint density at radius 2 is 1.86 bits per heavy atom.